The number of anilines is 1. The highest BCUT2D eigenvalue weighted by atomic mass is 16.5. The Morgan fingerprint density at radius 3 is 2.21 bits per heavy atom. The molecule has 2 N–H and O–H groups in total. The summed E-state index contributed by atoms with van der Waals surface area (Å²) in [5.41, 5.74) is 1.31. The van der Waals surface area contributed by atoms with Gasteiger partial charge in [0.25, 0.3) is 0 Å². The summed E-state index contributed by atoms with van der Waals surface area (Å²) in [5.74, 6) is 1.49. The van der Waals surface area contributed by atoms with E-state index in [1.54, 1.807) is 0 Å². The van der Waals surface area contributed by atoms with Crippen LogP contribution >= 0.6 is 0 Å². The van der Waals surface area contributed by atoms with Crippen molar-refractivity contribution in [3.05, 3.63) is 24.3 Å². The standard InChI is InChI=1S/C16H28N2O/c1-13(2)12-19-15-8-6-14(7-9-15)17-10-11-18-16(3,4)5/h6-9,13,17-18H,10-12H2,1-5H3. The molecule has 0 unspecified atom stereocenters. The van der Waals surface area contributed by atoms with Crippen molar-refractivity contribution in [1.29, 1.82) is 0 Å². The molecule has 19 heavy (non-hydrogen) atoms. The fourth-order valence-electron chi connectivity index (χ4n) is 1.58. The SMILES string of the molecule is CC(C)COc1ccc(NCCNC(C)(C)C)cc1. The van der Waals surface area contributed by atoms with Crippen molar-refractivity contribution in [2.24, 2.45) is 5.92 Å². The van der Waals surface area contributed by atoms with Gasteiger partial charge in [0.05, 0.1) is 6.61 Å². The van der Waals surface area contributed by atoms with Crippen LogP contribution in [0.4, 0.5) is 5.69 Å². The van der Waals surface area contributed by atoms with E-state index >= 15 is 0 Å². The van der Waals surface area contributed by atoms with Crippen LogP contribution in [0.5, 0.6) is 5.75 Å². The van der Waals surface area contributed by atoms with Gasteiger partial charge < -0.3 is 15.4 Å². The molecule has 0 heterocycles. The van der Waals surface area contributed by atoms with Crippen molar-refractivity contribution in [3.8, 4) is 5.75 Å². The molecule has 3 nitrogen and oxygen atoms in total. The number of rotatable bonds is 7. The van der Waals surface area contributed by atoms with Crippen LogP contribution in [0.2, 0.25) is 0 Å². The van der Waals surface area contributed by atoms with Gasteiger partial charge in [-0.05, 0) is 51.0 Å². The number of benzene rings is 1. The van der Waals surface area contributed by atoms with Crippen molar-refractivity contribution in [1.82, 2.24) is 5.32 Å². The molecule has 0 radical (unpaired) electrons. The minimum absolute atomic E-state index is 0.177. The van der Waals surface area contributed by atoms with Crippen LogP contribution in [0.15, 0.2) is 24.3 Å². The average molecular weight is 264 g/mol. The first-order valence-electron chi connectivity index (χ1n) is 7.08. The first kappa shape index (κ1) is 15.8. The van der Waals surface area contributed by atoms with Crippen LogP contribution in [-0.4, -0.2) is 25.2 Å². The third-order valence-electron chi connectivity index (χ3n) is 2.55. The van der Waals surface area contributed by atoms with Gasteiger partial charge >= 0.3 is 0 Å². The summed E-state index contributed by atoms with van der Waals surface area (Å²) in [6.07, 6.45) is 0. The molecule has 0 aliphatic heterocycles. The van der Waals surface area contributed by atoms with Crippen molar-refractivity contribution in [3.63, 3.8) is 0 Å². The fourth-order valence-corrected chi connectivity index (χ4v) is 1.58. The maximum atomic E-state index is 5.65. The number of hydrogen-bond acceptors (Lipinski definition) is 3. The first-order valence-corrected chi connectivity index (χ1v) is 7.08. The molecular formula is C16H28N2O. The Hall–Kier alpha value is -1.22. The Bertz CT molecular complexity index is 352. The Morgan fingerprint density at radius 1 is 1.05 bits per heavy atom. The fraction of sp³-hybridized carbons (Fsp3) is 0.625. The summed E-state index contributed by atoms with van der Waals surface area (Å²) >= 11 is 0. The Balaban J connectivity index is 2.28. The molecule has 0 aliphatic carbocycles. The van der Waals surface area contributed by atoms with Crippen molar-refractivity contribution in [2.75, 3.05) is 25.0 Å². The van der Waals surface area contributed by atoms with Crippen LogP contribution < -0.4 is 15.4 Å². The summed E-state index contributed by atoms with van der Waals surface area (Å²) in [4.78, 5) is 0. The van der Waals surface area contributed by atoms with Gasteiger partial charge in [-0.3, -0.25) is 0 Å². The largest absolute Gasteiger partial charge is 0.493 e. The van der Waals surface area contributed by atoms with E-state index in [9.17, 15) is 0 Å². The maximum absolute atomic E-state index is 5.65. The summed E-state index contributed by atoms with van der Waals surface area (Å²) in [6, 6.07) is 8.16. The molecule has 0 spiro atoms. The molecule has 1 aromatic rings. The highest BCUT2D eigenvalue weighted by molar-refractivity contribution is 5.46. The molecule has 1 aromatic carbocycles. The van der Waals surface area contributed by atoms with E-state index in [2.05, 4.69) is 57.4 Å². The van der Waals surface area contributed by atoms with E-state index in [0.717, 1.165) is 31.1 Å². The zero-order valence-electron chi connectivity index (χ0n) is 12.9. The van der Waals surface area contributed by atoms with Crippen molar-refractivity contribution < 1.29 is 4.74 Å². The molecule has 108 valence electrons. The van der Waals surface area contributed by atoms with Crippen LogP contribution in [-0.2, 0) is 0 Å². The van der Waals surface area contributed by atoms with Crippen LogP contribution in [0.25, 0.3) is 0 Å². The molecular weight excluding hydrogens is 236 g/mol. The normalized spacial score (nSPS) is 11.7. The summed E-state index contributed by atoms with van der Waals surface area (Å²) in [6.45, 7) is 13.5. The minimum atomic E-state index is 0.177. The van der Waals surface area contributed by atoms with Crippen LogP contribution in [0.1, 0.15) is 34.6 Å². The zero-order valence-corrected chi connectivity index (χ0v) is 12.9. The molecule has 0 aromatic heterocycles. The van der Waals surface area contributed by atoms with Gasteiger partial charge in [-0.15, -0.1) is 0 Å². The molecule has 3 heteroatoms. The number of hydrogen-bond donors (Lipinski definition) is 2. The monoisotopic (exact) mass is 264 g/mol. The van der Waals surface area contributed by atoms with E-state index in [4.69, 9.17) is 4.74 Å². The minimum Gasteiger partial charge on any atom is -0.493 e. The van der Waals surface area contributed by atoms with E-state index < -0.39 is 0 Å². The third-order valence-corrected chi connectivity index (χ3v) is 2.55. The van der Waals surface area contributed by atoms with Gasteiger partial charge in [-0.1, -0.05) is 13.8 Å². The van der Waals surface area contributed by atoms with Gasteiger partial charge in [0.2, 0.25) is 0 Å². The molecule has 0 amide bonds. The summed E-state index contributed by atoms with van der Waals surface area (Å²) < 4.78 is 5.65. The van der Waals surface area contributed by atoms with Crippen LogP contribution in [0.3, 0.4) is 0 Å². The molecule has 0 saturated heterocycles. The third kappa shape index (κ3) is 7.73. The van der Waals surface area contributed by atoms with Crippen molar-refractivity contribution >= 4 is 5.69 Å². The lowest BCUT2D eigenvalue weighted by Gasteiger charge is -2.20. The van der Waals surface area contributed by atoms with Gasteiger partial charge in [-0.2, -0.15) is 0 Å². The topological polar surface area (TPSA) is 33.3 Å². The lowest BCUT2D eigenvalue weighted by Crippen LogP contribution is -2.38. The van der Waals surface area contributed by atoms with Gasteiger partial charge in [0.15, 0.2) is 0 Å². The zero-order chi connectivity index (χ0) is 14.3. The lowest BCUT2D eigenvalue weighted by molar-refractivity contribution is 0.271. The van der Waals surface area contributed by atoms with E-state index in [0.29, 0.717) is 5.92 Å². The van der Waals surface area contributed by atoms with E-state index in [1.165, 1.54) is 0 Å². The maximum Gasteiger partial charge on any atom is 0.119 e. The summed E-state index contributed by atoms with van der Waals surface area (Å²) in [5, 5.41) is 6.84. The second-order valence-corrected chi connectivity index (χ2v) is 6.33. The molecule has 0 bridgehead atoms. The first-order chi connectivity index (χ1) is 8.87. The van der Waals surface area contributed by atoms with E-state index in [1.807, 2.05) is 12.1 Å². The second kappa shape index (κ2) is 7.39. The quantitative estimate of drug-likeness (QED) is 0.739. The lowest BCUT2D eigenvalue weighted by atomic mass is 10.1. The molecule has 0 fully saturated rings. The Labute approximate surface area is 117 Å². The summed E-state index contributed by atoms with van der Waals surface area (Å²) in [7, 11) is 0. The Morgan fingerprint density at radius 2 is 1.68 bits per heavy atom. The number of nitrogens with one attached hydrogen (secondary N) is 2. The van der Waals surface area contributed by atoms with Gasteiger partial charge in [0, 0.05) is 24.3 Å². The highest BCUT2D eigenvalue weighted by Gasteiger charge is 2.06. The van der Waals surface area contributed by atoms with Gasteiger partial charge in [0.1, 0.15) is 5.75 Å². The molecule has 0 aliphatic rings. The molecule has 1 rings (SSSR count). The second-order valence-electron chi connectivity index (χ2n) is 6.33. The van der Waals surface area contributed by atoms with Crippen molar-refractivity contribution in [2.45, 2.75) is 40.2 Å². The predicted molar refractivity (Wildman–Crippen MR) is 83.0 cm³/mol. The van der Waals surface area contributed by atoms with Gasteiger partial charge in [-0.25, -0.2) is 0 Å². The average Bonchev–Trinajstić information content (AvgIpc) is 2.32. The van der Waals surface area contributed by atoms with Crippen LogP contribution in [0, 0.1) is 5.92 Å². The van der Waals surface area contributed by atoms with E-state index in [-0.39, 0.29) is 5.54 Å². The highest BCUT2D eigenvalue weighted by Crippen LogP contribution is 2.16. The smallest absolute Gasteiger partial charge is 0.119 e. The number of ether oxygens (including phenoxy) is 1. The molecule has 0 atom stereocenters. The predicted octanol–water partition coefficient (Wildman–Crippen LogP) is 3.52. The molecule has 0 saturated carbocycles. The Kier molecular flexibility index (Phi) is 6.16.